The topological polar surface area (TPSA) is 55.8 Å². The van der Waals surface area contributed by atoms with E-state index in [1.54, 1.807) is 0 Å². The van der Waals surface area contributed by atoms with Crippen molar-refractivity contribution in [3.8, 4) is 0 Å². The van der Waals surface area contributed by atoms with E-state index in [1.165, 1.54) is 18.1 Å². The number of esters is 1. The first-order valence-corrected chi connectivity index (χ1v) is 5.29. The molecule has 1 aliphatic rings. The zero-order chi connectivity index (χ0) is 12.0. The summed E-state index contributed by atoms with van der Waals surface area (Å²) in [4.78, 5) is 24.4. The highest BCUT2D eigenvalue weighted by molar-refractivity contribution is 5.74. The number of carbonyl (C=O) groups is 2. The Morgan fingerprint density at radius 2 is 2.31 bits per heavy atom. The molecule has 5 nitrogen and oxygen atoms in total. The minimum absolute atomic E-state index is 0.216. The zero-order valence-corrected chi connectivity index (χ0v) is 9.48. The summed E-state index contributed by atoms with van der Waals surface area (Å²) in [5, 5.41) is 0. The maximum atomic E-state index is 11.6. The molecule has 1 unspecified atom stereocenters. The Morgan fingerprint density at radius 3 is 2.94 bits per heavy atom. The molecule has 0 aliphatic carbocycles. The van der Waals surface area contributed by atoms with Gasteiger partial charge >= 0.3 is 12.1 Å². The number of rotatable bonds is 3. The average Bonchev–Trinajstić information content (AvgIpc) is 2.35. The highest BCUT2D eigenvalue weighted by Crippen LogP contribution is 2.18. The summed E-state index contributed by atoms with van der Waals surface area (Å²) in [6, 6.07) is 0. The molecule has 0 N–H and O–H groups in total. The molecule has 1 amide bonds. The Balaban J connectivity index is 2.46. The minimum Gasteiger partial charge on any atom is -0.461 e. The van der Waals surface area contributed by atoms with Crippen LogP contribution in [0.5, 0.6) is 0 Å². The number of hydrogen-bond acceptors (Lipinski definition) is 4. The van der Waals surface area contributed by atoms with Crippen molar-refractivity contribution in [2.45, 2.75) is 12.8 Å². The lowest BCUT2D eigenvalue weighted by Gasteiger charge is -2.30. The maximum absolute atomic E-state index is 11.6. The first-order valence-electron chi connectivity index (χ1n) is 5.29. The molecule has 90 valence electrons. The first kappa shape index (κ1) is 12.5. The van der Waals surface area contributed by atoms with E-state index in [2.05, 4.69) is 11.3 Å². The molecule has 1 heterocycles. The molecule has 1 rings (SSSR count). The van der Waals surface area contributed by atoms with Crippen LogP contribution in [0.15, 0.2) is 12.7 Å². The molecule has 1 atom stereocenters. The number of ether oxygens (including phenoxy) is 2. The van der Waals surface area contributed by atoms with Crippen LogP contribution in [-0.4, -0.2) is 43.8 Å². The van der Waals surface area contributed by atoms with Gasteiger partial charge in [0.15, 0.2) is 0 Å². The number of nitrogens with zero attached hydrogens (tertiary/aromatic N) is 1. The van der Waals surface area contributed by atoms with Crippen molar-refractivity contribution < 1.29 is 19.1 Å². The summed E-state index contributed by atoms with van der Waals surface area (Å²) < 4.78 is 9.57. The summed E-state index contributed by atoms with van der Waals surface area (Å²) in [5.41, 5.74) is 0. The lowest BCUT2D eigenvalue weighted by atomic mass is 9.99. The van der Waals surface area contributed by atoms with Crippen LogP contribution in [0.25, 0.3) is 0 Å². The third kappa shape index (κ3) is 3.25. The van der Waals surface area contributed by atoms with Gasteiger partial charge in [0.1, 0.15) is 6.61 Å². The van der Waals surface area contributed by atoms with E-state index < -0.39 is 0 Å². The molecule has 0 bridgehead atoms. The normalized spacial score (nSPS) is 20.1. The number of methoxy groups -OCH3 is 1. The van der Waals surface area contributed by atoms with Gasteiger partial charge < -0.3 is 14.4 Å². The van der Waals surface area contributed by atoms with Gasteiger partial charge in [0, 0.05) is 13.1 Å². The van der Waals surface area contributed by atoms with E-state index >= 15 is 0 Å². The van der Waals surface area contributed by atoms with Crippen LogP contribution in [0.1, 0.15) is 12.8 Å². The monoisotopic (exact) mass is 227 g/mol. The Kier molecular flexibility index (Phi) is 4.82. The van der Waals surface area contributed by atoms with Crippen molar-refractivity contribution in [1.29, 1.82) is 0 Å². The van der Waals surface area contributed by atoms with Crippen molar-refractivity contribution in [3.63, 3.8) is 0 Å². The van der Waals surface area contributed by atoms with Crippen molar-refractivity contribution in [1.82, 2.24) is 4.90 Å². The molecule has 0 aromatic rings. The van der Waals surface area contributed by atoms with Gasteiger partial charge in [-0.3, -0.25) is 4.79 Å². The Bertz CT molecular complexity index is 277. The Morgan fingerprint density at radius 1 is 1.56 bits per heavy atom. The average molecular weight is 227 g/mol. The van der Waals surface area contributed by atoms with Gasteiger partial charge in [0.05, 0.1) is 13.0 Å². The number of likely N-dealkylation sites (tertiary alicyclic amines) is 1. The summed E-state index contributed by atoms with van der Waals surface area (Å²) >= 11 is 0. The molecule has 0 aromatic heterocycles. The number of amides is 1. The molecule has 0 saturated carbocycles. The number of piperidine rings is 1. The van der Waals surface area contributed by atoms with Crippen LogP contribution >= 0.6 is 0 Å². The smallest absolute Gasteiger partial charge is 0.409 e. The van der Waals surface area contributed by atoms with E-state index in [0.29, 0.717) is 13.1 Å². The second-order valence-electron chi connectivity index (χ2n) is 3.67. The second-order valence-corrected chi connectivity index (χ2v) is 3.67. The van der Waals surface area contributed by atoms with Crippen molar-refractivity contribution in [2.24, 2.45) is 5.92 Å². The highest BCUT2D eigenvalue weighted by Gasteiger charge is 2.29. The minimum atomic E-state index is -0.388. The van der Waals surface area contributed by atoms with Gasteiger partial charge in [-0.15, -0.1) is 0 Å². The van der Waals surface area contributed by atoms with Crippen LogP contribution < -0.4 is 0 Å². The molecule has 0 spiro atoms. The first-order chi connectivity index (χ1) is 7.69. The van der Waals surface area contributed by atoms with Crippen LogP contribution in [0.4, 0.5) is 4.79 Å². The molecule has 1 fully saturated rings. The quantitative estimate of drug-likeness (QED) is 0.537. The van der Waals surface area contributed by atoms with E-state index in [1.807, 2.05) is 0 Å². The van der Waals surface area contributed by atoms with Gasteiger partial charge in [0.2, 0.25) is 0 Å². The molecule has 16 heavy (non-hydrogen) atoms. The predicted molar refractivity (Wildman–Crippen MR) is 57.9 cm³/mol. The third-order valence-corrected chi connectivity index (χ3v) is 2.53. The number of carbonyl (C=O) groups excluding carboxylic acids is 2. The summed E-state index contributed by atoms with van der Waals surface area (Å²) in [6.07, 6.45) is 2.69. The van der Waals surface area contributed by atoms with Crippen molar-refractivity contribution >= 4 is 12.1 Å². The number of hydrogen-bond donors (Lipinski definition) is 0. The van der Waals surface area contributed by atoms with Gasteiger partial charge in [-0.25, -0.2) is 4.79 Å². The largest absolute Gasteiger partial charge is 0.461 e. The molecule has 1 aliphatic heterocycles. The van der Waals surface area contributed by atoms with Gasteiger partial charge in [-0.05, 0) is 12.8 Å². The lowest BCUT2D eigenvalue weighted by Crippen LogP contribution is -2.42. The van der Waals surface area contributed by atoms with E-state index in [0.717, 1.165) is 12.8 Å². The fourth-order valence-corrected chi connectivity index (χ4v) is 1.72. The second kappa shape index (κ2) is 6.15. The van der Waals surface area contributed by atoms with Gasteiger partial charge in [-0.2, -0.15) is 0 Å². The summed E-state index contributed by atoms with van der Waals surface area (Å²) in [5.74, 6) is -0.513. The molecule has 0 aromatic carbocycles. The van der Waals surface area contributed by atoms with Gasteiger partial charge in [-0.1, -0.05) is 12.7 Å². The molecule has 0 radical (unpaired) electrons. The summed E-state index contributed by atoms with van der Waals surface area (Å²) in [6.45, 7) is 4.70. The highest BCUT2D eigenvalue weighted by atomic mass is 16.5. The molecular formula is C11H17NO4. The molecular weight excluding hydrogens is 210 g/mol. The van der Waals surface area contributed by atoms with Crippen molar-refractivity contribution in [2.75, 3.05) is 26.8 Å². The molecule has 1 saturated heterocycles. The SMILES string of the molecule is C=CCOC(=O)C1CCCN(C(=O)OC)C1. The van der Waals surface area contributed by atoms with Gasteiger partial charge in [0.25, 0.3) is 0 Å². The lowest BCUT2D eigenvalue weighted by molar-refractivity contribution is -0.148. The van der Waals surface area contributed by atoms with Crippen molar-refractivity contribution in [3.05, 3.63) is 12.7 Å². The van der Waals surface area contributed by atoms with Crippen LogP contribution in [0.3, 0.4) is 0 Å². The summed E-state index contributed by atoms with van der Waals surface area (Å²) in [7, 11) is 1.34. The Hall–Kier alpha value is -1.52. The Labute approximate surface area is 95.0 Å². The van der Waals surface area contributed by atoms with E-state index in [-0.39, 0.29) is 24.6 Å². The fraction of sp³-hybridized carbons (Fsp3) is 0.636. The van der Waals surface area contributed by atoms with E-state index in [4.69, 9.17) is 4.74 Å². The van der Waals surface area contributed by atoms with Crippen LogP contribution in [0.2, 0.25) is 0 Å². The van der Waals surface area contributed by atoms with Crippen LogP contribution in [-0.2, 0) is 14.3 Å². The third-order valence-electron chi connectivity index (χ3n) is 2.53. The van der Waals surface area contributed by atoms with Crippen LogP contribution in [0, 0.1) is 5.92 Å². The maximum Gasteiger partial charge on any atom is 0.409 e. The fourth-order valence-electron chi connectivity index (χ4n) is 1.72. The van der Waals surface area contributed by atoms with E-state index in [9.17, 15) is 9.59 Å². The standard InChI is InChI=1S/C11H17NO4/c1-3-7-16-10(13)9-5-4-6-12(8-9)11(14)15-2/h3,9H,1,4-8H2,2H3. The molecule has 5 heteroatoms. The predicted octanol–water partition coefficient (Wildman–Crippen LogP) is 1.19. The zero-order valence-electron chi connectivity index (χ0n) is 9.48.